The summed E-state index contributed by atoms with van der Waals surface area (Å²) in [7, 11) is 1.59. The molecule has 0 saturated heterocycles. The predicted octanol–water partition coefficient (Wildman–Crippen LogP) is 2.96. The molecule has 5 nitrogen and oxygen atoms in total. The van der Waals surface area contributed by atoms with Crippen molar-refractivity contribution in [1.82, 2.24) is 9.97 Å². The number of methoxy groups -OCH3 is 1. The standard InChI is InChI=1S/C14H14FN3O2S/c1-9(21)17-13-12(15)7-16-14(18-13)20-8-10-4-3-5-11(6-10)19-2/h3-7H,8H2,1-2H3,(H,16,17,18,21). The van der Waals surface area contributed by atoms with Crippen molar-refractivity contribution in [2.45, 2.75) is 13.5 Å². The lowest BCUT2D eigenvalue weighted by molar-refractivity contribution is 0.279. The highest BCUT2D eigenvalue weighted by Crippen LogP contribution is 2.16. The summed E-state index contributed by atoms with van der Waals surface area (Å²) in [6.07, 6.45) is 1.04. The third-order valence-corrected chi connectivity index (χ3v) is 2.62. The molecule has 0 aliphatic rings. The molecule has 0 unspecified atom stereocenters. The van der Waals surface area contributed by atoms with Crippen LogP contribution in [-0.4, -0.2) is 22.1 Å². The van der Waals surface area contributed by atoms with Crippen LogP contribution in [0.25, 0.3) is 0 Å². The molecule has 1 N–H and O–H groups in total. The average Bonchev–Trinajstić information content (AvgIpc) is 2.48. The van der Waals surface area contributed by atoms with E-state index in [4.69, 9.17) is 21.7 Å². The maximum atomic E-state index is 13.5. The van der Waals surface area contributed by atoms with E-state index in [1.807, 2.05) is 24.3 Å². The van der Waals surface area contributed by atoms with Gasteiger partial charge in [0.1, 0.15) is 12.4 Å². The lowest BCUT2D eigenvalue weighted by Gasteiger charge is -2.08. The first-order valence-electron chi connectivity index (χ1n) is 6.14. The number of ether oxygens (including phenoxy) is 2. The summed E-state index contributed by atoms with van der Waals surface area (Å²) in [6.45, 7) is 1.88. The van der Waals surface area contributed by atoms with E-state index >= 15 is 0 Å². The van der Waals surface area contributed by atoms with Crippen LogP contribution in [-0.2, 0) is 6.61 Å². The van der Waals surface area contributed by atoms with E-state index in [0.29, 0.717) is 4.99 Å². The Kier molecular flexibility index (Phi) is 4.99. The molecule has 110 valence electrons. The summed E-state index contributed by atoms with van der Waals surface area (Å²) in [4.78, 5) is 8.12. The monoisotopic (exact) mass is 307 g/mol. The van der Waals surface area contributed by atoms with Gasteiger partial charge < -0.3 is 14.8 Å². The van der Waals surface area contributed by atoms with Crippen molar-refractivity contribution in [2.75, 3.05) is 12.4 Å². The summed E-state index contributed by atoms with van der Waals surface area (Å²) in [5.74, 6) is 0.140. The molecule has 0 radical (unpaired) electrons. The second kappa shape index (κ2) is 6.94. The Balaban J connectivity index is 2.07. The molecule has 0 spiro atoms. The highest BCUT2D eigenvalue weighted by atomic mass is 32.1. The summed E-state index contributed by atoms with van der Waals surface area (Å²) in [5, 5.41) is 2.64. The SMILES string of the molecule is COc1cccc(COc2ncc(F)c(NC(C)=S)n2)c1. The maximum absolute atomic E-state index is 13.5. The van der Waals surface area contributed by atoms with Gasteiger partial charge in [-0.15, -0.1) is 0 Å². The highest BCUT2D eigenvalue weighted by molar-refractivity contribution is 7.80. The molecule has 2 aromatic rings. The van der Waals surface area contributed by atoms with Crippen molar-refractivity contribution in [3.63, 3.8) is 0 Å². The minimum Gasteiger partial charge on any atom is -0.497 e. The fourth-order valence-electron chi connectivity index (χ4n) is 1.59. The number of rotatable bonds is 5. The lowest BCUT2D eigenvalue weighted by Crippen LogP contribution is -2.09. The number of hydrogen-bond donors (Lipinski definition) is 1. The third kappa shape index (κ3) is 4.35. The van der Waals surface area contributed by atoms with Gasteiger partial charge in [0.05, 0.1) is 18.3 Å². The number of aromatic nitrogens is 2. The van der Waals surface area contributed by atoms with Crippen LogP contribution >= 0.6 is 12.2 Å². The second-order valence-electron chi connectivity index (χ2n) is 4.17. The fourth-order valence-corrected chi connectivity index (χ4v) is 1.68. The van der Waals surface area contributed by atoms with Gasteiger partial charge in [-0.05, 0) is 24.6 Å². The Labute approximate surface area is 127 Å². The molecular weight excluding hydrogens is 293 g/mol. The van der Waals surface area contributed by atoms with Gasteiger partial charge in [-0.3, -0.25) is 0 Å². The van der Waals surface area contributed by atoms with Crippen LogP contribution in [0, 0.1) is 5.82 Å². The van der Waals surface area contributed by atoms with E-state index in [9.17, 15) is 4.39 Å². The fraction of sp³-hybridized carbons (Fsp3) is 0.214. The Bertz CT molecular complexity index is 652. The lowest BCUT2D eigenvalue weighted by atomic mass is 10.2. The van der Waals surface area contributed by atoms with Crippen LogP contribution in [0.3, 0.4) is 0 Å². The van der Waals surface area contributed by atoms with E-state index in [0.717, 1.165) is 17.5 Å². The maximum Gasteiger partial charge on any atom is 0.318 e. The van der Waals surface area contributed by atoms with Crippen LogP contribution in [0.15, 0.2) is 30.5 Å². The number of benzene rings is 1. The zero-order valence-corrected chi connectivity index (χ0v) is 12.4. The van der Waals surface area contributed by atoms with Gasteiger partial charge in [-0.25, -0.2) is 9.37 Å². The molecule has 1 aromatic carbocycles. The largest absolute Gasteiger partial charge is 0.497 e. The molecule has 0 aliphatic heterocycles. The molecule has 1 aromatic heterocycles. The first kappa shape index (κ1) is 15.1. The molecule has 0 bridgehead atoms. The van der Waals surface area contributed by atoms with Crippen LogP contribution < -0.4 is 14.8 Å². The third-order valence-electron chi connectivity index (χ3n) is 2.52. The molecule has 0 aliphatic carbocycles. The molecule has 7 heteroatoms. The Hall–Kier alpha value is -2.28. The number of thiocarbonyl (C=S) groups is 1. The molecule has 1 heterocycles. The molecule has 0 amide bonds. The zero-order chi connectivity index (χ0) is 15.2. The number of nitrogens with zero attached hydrogens (tertiary/aromatic N) is 2. The molecule has 21 heavy (non-hydrogen) atoms. The van der Waals surface area contributed by atoms with E-state index in [1.165, 1.54) is 0 Å². The van der Waals surface area contributed by atoms with Gasteiger partial charge in [0.2, 0.25) is 0 Å². The van der Waals surface area contributed by atoms with Crippen molar-refractivity contribution in [1.29, 1.82) is 0 Å². The highest BCUT2D eigenvalue weighted by Gasteiger charge is 2.08. The Morgan fingerprint density at radius 3 is 2.95 bits per heavy atom. The Morgan fingerprint density at radius 2 is 2.24 bits per heavy atom. The van der Waals surface area contributed by atoms with E-state index in [-0.39, 0.29) is 18.4 Å². The minimum atomic E-state index is -0.590. The Morgan fingerprint density at radius 1 is 1.43 bits per heavy atom. The van der Waals surface area contributed by atoms with Gasteiger partial charge >= 0.3 is 6.01 Å². The van der Waals surface area contributed by atoms with Crippen LogP contribution in [0.1, 0.15) is 12.5 Å². The van der Waals surface area contributed by atoms with E-state index in [1.54, 1.807) is 14.0 Å². The molecular formula is C14H14FN3O2S. The normalized spacial score (nSPS) is 10.0. The van der Waals surface area contributed by atoms with Crippen molar-refractivity contribution in [3.8, 4) is 11.8 Å². The van der Waals surface area contributed by atoms with Crippen molar-refractivity contribution < 1.29 is 13.9 Å². The molecule has 2 rings (SSSR count). The van der Waals surface area contributed by atoms with E-state index in [2.05, 4.69) is 15.3 Å². The quantitative estimate of drug-likeness (QED) is 0.857. The zero-order valence-electron chi connectivity index (χ0n) is 11.6. The molecule has 0 atom stereocenters. The summed E-state index contributed by atoms with van der Waals surface area (Å²) in [6, 6.07) is 7.47. The van der Waals surface area contributed by atoms with Crippen LogP contribution in [0.4, 0.5) is 10.2 Å². The molecule has 0 saturated carbocycles. The summed E-state index contributed by atoms with van der Waals surface area (Å²) in [5.41, 5.74) is 0.891. The van der Waals surface area contributed by atoms with Gasteiger partial charge in [-0.2, -0.15) is 4.98 Å². The van der Waals surface area contributed by atoms with Gasteiger partial charge in [0.25, 0.3) is 0 Å². The topological polar surface area (TPSA) is 56.3 Å². The average molecular weight is 307 g/mol. The number of halogens is 1. The predicted molar refractivity (Wildman–Crippen MR) is 81.2 cm³/mol. The number of nitrogens with one attached hydrogen (secondary N) is 1. The minimum absolute atomic E-state index is 0.00172. The van der Waals surface area contributed by atoms with Gasteiger partial charge in [-0.1, -0.05) is 24.4 Å². The summed E-state index contributed by atoms with van der Waals surface area (Å²) >= 11 is 4.86. The summed E-state index contributed by atoms with van der Waals surface area (Å²) < 4.78 is 24.0. The van der Waals surface area contributed by atoms with Crippen molar-refractivity contribution in [3.05, 3.63) is 41.8 Å². The van der Waals surface area contributed by atoms with Crippen molar-refractivity contribution >= 4 is 23.0 Å². The first-order chi connectivity index (χ1) is 10.1. The smallest absolute Gasteiger partial charge is 0.318 e. The van der Waals surface area contributed by atoms with Gasteiger partial charge in [0, 0.05) is 0 Å². The van der Waals surface area contributed by atoms with Gasteiger partial charge in [0.15, 0.2) is 11.6 Å². The number of anilines is 1. The first-order valence-corrected chi connectivity index (χ1v) is 6.55. The number of hydrogen-bond acceptors (Lipinski definition) is 5. The van der Waals surface area contributed by atoms with E-state index < -0.39 is 5.82 Å². The molecule has 0 fully saturated rings. The van der Waals surface area contributed by atoms with Crippen molar-refractivity contribution in [2.24, 2.45) is 0 Å². The second-order valence-corrected chi connectivity index (χ2v) is 4.78. The van der Waals surface area contributed by atoms with Crippen LogP contribution in [0.2, 0.25) is 0 Å². The van der Waals surface area contributed by atoms with Crippen LogP contribution in [0.5, 0.6) is 11.8 Å².